The number of likely N-dealkylation sites (tertiary alicyclic amines) is 1. The fourth-order valence-corrected chi connectivity index (χ4v) is 2.52. The number of carbonyl (C=O) groups is 1. The molecule has 102 valence electrons. The van der Waals surface area contributed by atoms with Gasteiger partial charge in [0.05, 0.1) is 5.92 Å². The molecule has 0 aromatic heterocycles. The van der Waals surface area contributed by atoms with Crippen LogP contribution in [-0.2, 0) is 11.3 Å². The van der Waals surface area contributed by atoms with E-state index in [0.29, 0.717) is 12.3 Å². The second-order valence-electron chi connectivity index (χ2n) is 5.23. The average Bonchev–Trinajstić information content (AvgIpc) is 2.39. The highest BCUT2D eigenvalue weighted by molar-refractivity contribution is 5.96. The van der Waals surface area contributed by atoms with Crippen LogP contribution in [0, 0.1) is 11.3 Å². The van der Waals surface area contributed by atoms with Crippen molar-refractivity contribution in [3.8, 4) is 0 Å². The second-order valence-corrected chi connectivity index (χ2v) is 5.23. The molecule has 1 aliphatic rings. The summed E-state index contributed by atoms with van der Waals surface area (Å²) in [7, 11) is 0. The topological polar surface area (TPSA) is 64.4 Å². The largest absolute Gasteiger partial charge is 0.481 e. The summed E-state index contributed by atoms with van der Waals surface area (Å²) < 4.78 is 0. The van der Waals surface area contributed by atoms with Gasteiger partial charge >= 0.3 is 5.97 Å². The van der Waals surface area contributed by atoms with Crippen molar-refractivity contribution in [2.24, 2.45) is 5.92 Å². The minimum Gasteiger partial charge on any atom is -0.481 e. The molecule has 0 saturated carbocycles. The summed E-state index contributed by atoms with van der Waals surface area (Å²) in [5, 5.41) is 16.6. The molecule has 1 unspecified atom stereocenters. The van der Waals surface area contributed by atoms with Crippen LogP contribution in [0.15, 0.2) is 24.3 Å². The van der Waals surface area contributed by atoms with E-state index in [1.165, 1.54) is 5.56 Å². The summed E-state index contributed by atoms with van der Waals surface area (Å²) in [6.45, 7) is 4.17. The van der Waals surface area contributed by atoms with Gasteiger partial charge in [0.2, 0.25) is 0 Å². The molecular formula is C15H20N2O2. The Labute approximate surface area is 113 Å². The molecule has 1 saturated heterocycles. The van der Waals surface area contributed by atoms with Gasteiger partial charge in [-0.2, -0.15) is 0 Å². The molecule has 0 amide bonds. The van der Waals surface area contributed by atoms with Gasteiger partial charge in [-0.3, -0.25) is 9.69 Å². The van der Waals surface area contributed by atoms with Crippen molar-refractivity contribution >= 4 is 11.7 Å². The minimum absolute atomic E-state index is 0.225. The zero-order chi connectivity index (χ0) is 13.8. The number of rotatable bonds is 4. The van der Waals surface area contributed by atoms with Crippen LogP contribution in [0.1, 0.15) is 30.9 Å². The Morgan fingerprint density at radius 3 is 2.68 bits per heavy atom. The van der Waals surface area contributed by atoms with Crippen LogP contribution in [0.3, 0.4) is 0 Å². The maximum absolute atomic E-state index is 11.0. The first-order valence-electron chi connectivity index (χ1n) is 6.66. The van der Waals surface area contributed by atoms with E-state index in [1.807, 2.05) is 24.3 Å². The lowest BCUT2D eigenvalue weighted by molar-refractivity contribution is -0.143. The number of carboxylic acid groups (broad SMARTS) is 1. The van der Waals surface area contributed by atoms with Gasteiger partial charge in [0.1, 0.15) is 0 Å². The summed E-state index contributed by atoms with van der Waals surface area (Å²) in [4.78, 5) is 13.2. The molecule has 0 aliphatic carbocycles. The first kappa shape index (κ1) is 13.7. The van der Waals surface area contributed by atoms with Crippen molar-refractivity contribution in [2.45, 2.75) is 26.3 Å². The number of hydrogen-bond donors (Lipinski definition) is 2. The molecule has 4 nitrogen and oxygen atoms in total. The maximum atomic E-state index is 11.0. The first-order valence-corrected chi connectivity index (χ1v) is 6.66. The molecule has 2 rings (SSSR count). The summed E-state index contributed by atoms with van der Waals surface area (Å²) >= 11 is 0. The van der Waals surface area contributed by atoms with Gasteiger partial charge in [0.25, 0.3) is 0 Å². The van der Waals surface area contributed by atoms with Crippen molar-refractivity contribution in [2.75, 3.05) is 13.1 Å². The zero-order valence-corrected chi connectivity index (χ0v) is 11.2. The Hall–Kier alpha value is -1.68. The molecule has 1 fully saturated rings. The van der Waals surface area contributed by atoms with Gasteiger partial charge in [-0.15, -0.1) is 0 Å². The van der Waals surface area contributed by atoms with Crippen molar-refractivity contribution in [3.05, 3.63) is 35.4 Å². The van der Waals surface area contributed by atoms with E-state index >= 15 is 0 Å². The molecule has 1 aliphatic heterocycles. The third-order valence-corrected chi connectivity index (χ3v) is 3.65. The first-order chi connectivity index (χ1) is 9.06. The Bertz CT molecular complexity index is 468. The van der Waals surface area contributed by atoms with E-state index in [9.17, 15) is 4.79 Å². The highest BCUT2D eigenvalue weighted by Crippen LogP contribution is 2.19. The number of aliphatic carboxylic acids is 1. The minimum atomic E-state index is -0.681. The summed E-state index contributed by atoms with van der Waals surface area (Å²) in [5.74, 6) is -0.906. The van der Waals surface area contributed by atoms with Crippen molar-refractivity contribution < 1.29 is 9.90 Å². The lowest BCUT2D eigenvalue weighted by atomic mass is 9.97. The molecule has 1 heterocycles. The lowest BCUT2D eigenvalue weighted by Gasteiger charge is -2.30. The maximum Gasteiger partial charge on any atom is 0.307 e. The SMILES string of the molecule is CC(=N)c1ccc(CN2CCCC(C(=O)O)C2)cc1. The van der Waals surface area contributed by atoms with Gasteiger partial charge in [0.15, 0.2) is 0 Å². The molecule has 2 N–H and O–H groups in total. The second kappa shape index (κ2) is 5.97. The predicted octanol–water partition coefficient (Wildman–Crippen LogP) is 2.37. The van der Waals surface area contributed by atoms with Gasteiger partial charge in [0, 0.05) is 18.8 Å². The number of nitrogens with zero attached hydrogens (tertiary/aromatic N) is 1. The Morgan fingerprint density at radius 1 is 1.42 bits per heavy atom. The molecule has 0 spiro atoms. The van der Waals surface area contributed by atoms with Gasteiger partial charge in [-0.05, 0) is 37.4 Å². The van der Waals surface area contributed by atoms with Gasteiger partial charge < -0.3 is 10.5 Å². The Balaban J connectivity index is 1.96. The predicted molar refractivity (Wildman–Crippen MR) is 74.6 cm³/mol. The van der Waals surface area contributed by atoms with E-state index in [4.69, 9.17) is 10.5 Å². The van der Waals surface area contributed by atoms with Crippen LogP contribution < -0.4 is 0 Å². The monoisotopic (exact) mass is 260 g/mol. The van der Waals surface area contributed by atoms with Crippen LogP contribution >= 0.6 is 0 Å². The number of carboxylic acids is 1. The normalized spacial score (nSPS) is 20.2. The molecule has 1 aromatic rings. The van der Waals surface area contributed by atoms with Crippen LogP contribution in [0.4, 0.5) is 0 Å². The standard InChI is InChI=1S/C15H20N2O2/c1-11(16)13-6-4-12(5-7-13)9-17-8-2-3-14(10-17)15(18)19/h4-7,14,16H,2-3,8-10H2,1H3,(H,18,19). The van der Waals surface area contributed by atoms with Crippen molar-refractivity contribution in [1.82, 2.24) is 4.90 Å². The number of benzene rings is 1. The third kappa shape index (κ3) is 3.64. The quantitative estimate of drug-likeness (QED) is 0.817. The molecule has 1 aromatic carbocycles. The fourth-order valence-electron chi connectivity index (χ4n) is 2.52. The van der Waals surface area contributed by atoms with Crippen molar-refractivity contribution in [1.29, 1.82) is 5.41 Å². The van der Waals surface area contributed by atoms with E-state index in [-0.39, 0.29) is 5.92 Å². The third-order valence-electron chi connectivity index (χ3n) is 3.65. The highest BCUT2D eigenvalue weighted by atomic mass is 16.4. The van der Waals surface area contributed by atoms with E-state index in [1.54, 1.807) is 6.92 Å². The number of nitrogens with one attached hydrogen (secondary N) is 1. The highest BCUT2D eigenvalue weighted by Gasteiger charge is 2.25. The van der Waals surface area contributed by atoms with E-state index in [0.717, 1.165) is 31.5 Å². The Morgan fingerprint density at radius 2 is 2.11 bits per heavy atom. The van der Waals surface area contributed by atoms with E-state index < -0.39 is 5.97 Å². The van der Waals surface area contributed by atoms with Gasteiger partial charge in [-0.1, -0.05) is 24.3 Å². The van der Waals surface area contributed by atoms with Crippen molar-refractivity contribution in [3.63, 3.8) is 0 Å². The lowest BCUT2D eigenvalue weighted by Crippen LogP contribution is -2.38. The number of piperidine rings is 1. The summed E-state index contributed by atoms with van der Waals surface area (Å²) in [6, 6.07) is 7.96. The van der Waals surface area contributed by atoms with Crippen LogP contribution in [-0.4, -0.2) is 34.8 Å². The summed E-state index contributed by atoms with van der Waals surface area (Å²) in [5.41, 5.74) is 2.68. The van der Waals surface area contributed by atoms with Gasteiger partial charge in [-0.25, -0.2) is 0 Å². The molecule has 4 heteroatoms. The molecule has 0 bridgehead atoms. The fraction of sp³-hybridized carbons (Fsp3) is 0.467. The summed E-state index contributed by atoms with van der Waals surface area (Å²) in [6.07, 6.45) is 1.74. The smallest absolute Gasteiger partial charge is 0.307 e. The molecular weight excluding hydrogens is 240 g/mol. The zero-order valence-electron chi connectivity index (χ0n) is 11.2. The molecule has 1 atom stereocenters. The molecule has 19 heavy (non-hydrogen) atoms. The number of hydrogen-bond acceptors (Lipinski definition) is 3. The van der Waals surface area contributed by atoms with Crippen LogP contribution in [0.2, 0.25) is 0 Å². The van der Waals surface area contributed by atoms with E-state index in [2.05, 4.69) is 4.90 Å². The average molecular weight is 260 g/mol. The Kier molecular flexibility index (Phi) is 4.32. The molecule has 0 radical (unpaired) electrons. The van der Waals surface area contributed by atoms with Crippen LogP contribution in [0.25, 0.3) is 0 Å². The van der Waals surface area contributed by atoms with Crippen LogP contribution in [0.5, 0.6) is 0 Å².